The minimum Gasteiger partial charge on any atom is -0.444 e. The highest BCUT2D eigenvalue weighted by Gasteiger charge is 2.20. The van der Waals surface area contributed by atoms with Gasteiger partial charge in [0.2, 0.25) is 0 Å². The van der Waals surface area contributed by atoms with Crippen LogP contribution in [0.3, 0.4) is 0 Å². The first kappa shape index (κ1) is 24.1. The molecule has 0 aromatic carbocycles. The number of hydrogen-bond donors (Lipinski definition) is 1. The Balaban J connectivity index is 4.15. The normalized spacial score (nSPS) is 12.2. The van der Waals surface area contributed by atoms with Crippen molar-refractivity contribution in [2.75, 3.05) is 46.2 Å². The third kappa shape index (κ3) is 17.0. The second-order valence-electron chi connectivity index (χ2n) is 6.51. The van der Waals surface area contributed by atoms with Crippen molar-refractivity contribution >= 4 is 11.9 Å². The standard InChI is InChI=1S/C16H30N4O6/c1-13(21)5-7-24-11-14(19-15(22)26-16(2,3)4)12-25-10-9-23-8-6-18-20-17/h14H,5-12H2,1-4H3,(H,19,22). The predicted octanol–water partition coefficient (Wildman–Crippen LogP) is 2.22. The van der Waals surface area contributed by atoms with Gasteiger partial charge in [0.25, 0.3) is 0 Å². The van der Waals surface area contributed by atoms with Gasteiger partial charge in [-0.05, 0) is 33.2 Å². The number of azide groups is 1. The van der Waals surface area contributed by atoms with E-state index in [0.717, 1.165) is 0 Å². The van der Waals surface area contributed by atoms with Crippen LogP contribution in [0.5, 0.6) is 0 Å². The Bertz CT molecular complexity index is 460. The van der Waals surface area contributed by atoms with E-state index in [2.05, 4.69) is 15.3 Å². The van der Waals surface area contributed by atoms with Gasteiger partial charge in [-0.2, -0.15) is 0 Å². The van der Waals surface area contributed by atoms with Crippen LogP contribution in [0, 0.1) is 0 Å². The molecule has 0 aromatic rings. The molecule has 1 unspecified atom stereocenters. The van der Waals surface area contributed by atoms with Gasteiger partial charge >= 0.3 is 6.09 Å². The van der Waals surface area contributed by atoms with Crippen molar-refractivity contribution < 1.29 is 28.5 Å². The molecule has 0 heterocycles. The maximum Gasteiger partial charge on any atom is 0.408 e. The first-order valence-electron chi connectivity index (χ1n) is 8.47. The van der Waals surface area contributed by atoms with Crippen molar-refractivity contribution in [1.82, 2.24) is 5.32 Å². The van der Waals surface area contributed by atoms with Crippen molar-refractivity contribution in [2.45, 2.75) is 45.8 Å². The smallest absolute Gasteiger partial charge is 0.408 e. The lowest BCUT2D eigenvalue weighted by Gasteiger charge is -2.23. The van der Waals surface area contributed by atoms with Crippen LogP contribution in [-0.2, 0) is 23.7 Å². The fourth-order valence-corrected chi connectivity index (χ4v) is 1.64. The number of ketones is 1. The number of ether oxygens (including phenoxy) is 4. The van der Waals surface area contributed by atoms with Crippen LogP contribution in [0.25, 0.3) is 10.4 Å². The van der Waals surface area contributed by atoms with Gasteiger partial charge in [0.05, 0.1) is 45.7 Å². The lowest BCUT2D eigenvalue weighted by molar-refractivity contribution is -0.118. The van der Waals surface area contributed by atoms with Gasteiger partial charge in [0.1, 0.15) is 11.4 Å². The molecule has 1 N–H and O–H groups in total. The molecule has 0 bridgehead atoms. The lowest BCUT2D eigenvalue weighted by Crippen LogP contribution is -2.44. The average Bonchev–Trinajstić information content (AvgIpc) is 2.51. The number of nitrogens with one attached hydrogen (secondary N) is 1. The van der Waals surface area contributed by atoms with E-state index in [1.54, 1.807) is 20.8 Å². The summed E-state index contributed by atoms with van der Waals surface area (Å²) < 4.78 is 21.3. The van der Waals surface area contributed by atoms with Crippen LogP contribution < -0.4 is 5.32 Å². The molecule has 26 heavy (non-hydrogen) atoms. The summed E-state index contributed by atoms with van der Waals surface area (Å²) >= 11 is 0. The Kier molecular flexibility index (Phi) is 13.3. The van der Waals surface area contributed by atoms with Gasteiger partial charge in [-0.25, -0.2) is 4.79 Å². The summed E-state index contributed by atoms with van der Waals surface area (Å²) in [5.41, 5.74) is 7.53. The van der Waals surface area contributed by atoms with Crippen molar-refractivity contribution in [3.63, 3.8) is 0 Å². The number of rotatable bonds is 14. The van der Waals surface area contributed by atoms with Gasteiger partial charge in [-0.1, -0.05) is 5.11 Å². The van der Waals surface area contributed by atoms with Crippen molar-refractivity contribution in [3.8, 4) is 0 Å². The number of carbonyl (C=O) groups is 2. The summed E-state index contributed by atoms with van der Waals surface area (Å²) in [6.45, 7) is 8.74. The van der Waals surface area contributed by atoms with Crippen molar-refractivity contribution in [1.29, 1.82) is 0 Å². The van der Waals surface area contributed by atoms with Crippen molar-refractivity contribution in [3.05, 3.63) is 10.4 Å². The molecule has 0 saturated heterocycles. The summed E-state index contributed by atoms with van der Waals surface area (Å²) in [5, 5.41) is 6.04. The molecule has 0 aliphatic heterocycles. The lowest BCUT2D eigenvalue weighted by atomic mass is 10.2. The number of amides is 1. The summed E-state index contributed by atoms with van der Waals surface area (Å²) in [6.07, 6.45) is -0.245. The summed E-state index contributed by atoms with van der Waals surface area (Å²) in [6, 6.07) is -0.417. The number of carbonyl (C=O) groups excluding carboxylic acids is 2. The molecule has 150 valence electrons. The molecule has 1 atom stereocenters. The fourth-order valence-electron chi connectivity index (χ4n) is 1.64. The molecule has 0 fully saturated rings. The molecule has 10 nitrogen and oxygen atoms in total. The zero-order valence-corrected chi connectivity index (χ0v) is 16.0. The third-order valence-corrected chi connectivity index (χ3v) is 2.73. The zero-order valence-electron chi connectivity index (χ0n) is 16.0. The van der Waals surface area contributed by atoms with Crippen LogP contribution in [-0.4, -0.2) is 69.7 Å². The zero-order chi connectivity index (χ0) is 19.8. The van der Waals surface area contributed by atoms with E-state index in [1.165, 1.54) is 6.92 Å². The molecule has 0 aliphatic carbocycles. The Labute approximate surface area is 154 Å². The summed E-state index contributed by atoms with van der Waals surface area (Å²) in [5.74, 6) is 0.0378. The Hall–Kier alpha value is -1.87. The largest absolute Gasteiger partial charge is 0.444 e. The van der Waals surface area contributed by atoms with Crippen molar-refractivity contribution in [2.24, 2.45) is 5.11 Å². The second kappa shape index (κ2) is 14.3. The van der Waals surface area contributed by atoms with E-state index < -0.39 is 17.7 Å². The molecule has 0 saturated carbocycles. The minimum absolute atomic E-state index is 0.0378. The Morgan fingerprint density at radius 3 is 2.27 bits per heavy atom. The first-order valence-corrected chi connectivity index (χ1v) is 8.47. The van der Waals surface area contributed by atoms with E-state index in [4.69, 9.17) is 24.5 Å². The number of hydrogen-bond acceptors (Lipinski definition) is 7. The Morgan fingerprint density at radius 1 is 1.08 bits per heavy atom. The highest BCUT2D eigenvalue weighted by Crippen LogP contribution is 2.07. The quantitative estimate of drug-likeness (QED) is 0.215. The molecule has 0 spiro atoms. The molecule has 0 rings (SSSR count). The van der Waals surface area contributed by atoms with Crippen LogP contribution in [0.4, 0.5) is 4.79 Å². The van der Waals surface area contributed by atoms with Crippen LogP contribution in [0.1, 0.15) is 34.1 Å². The number of Topliss-reactive ketones (excluding diaryl/α,β-unsaturated/α-hetero) is 1. The fraction of sp³-hybridized carbons (Fsp3) is 0.875. The molecule has 0 radical (unpaired) electrons. The van der Waals surface area contributed by atoms with Gasteiger partial charge in [-0.3, -0.25) is 4.79 Å². The number of nitrogens with zero attached hydrogens (tertiary/aromatic N) is 3. The van der Waals surface area contributed by atoms with Crippen LogP contribution >= 0.6 is 0 Å². The predicted molar refractivity (Wildman–Crippen MR) is 94.9 cm³/mol. The van der Waals surface area contributed by atoms with Crippen LogP contribution in [0.2, 0.25) is 0 Å². The van der Waals surface area contributed by atoms with E-state index in [9.17, 15) is 9.59 Å². The van der Waals surface area contributed by atoms with E-state index in [1.807, 2.05) is 0 Å². The summed E-state index contributed by atoms with van der Waals surface area (Å²) in [7, 11) is 0. The SMILES string of the molecule is CC(=O)CCOCC(COCCOCCN=[N+]=[N-])NC(=O)OC(C)(C)C. The van der Waals surface area contributed by atoms with Gasteiger partial charge in [0.15, 0.2) is 0 Å². The Morgan fingerprint density at radius 2 is 1.69 bits per heavy atom. The van der Waals surface area contributed by atoms with E-state index >= 15 is 0 Å². The minimum atomic E-state index is -0.606. The third-order valence-electron chi connectivity index (χ3n) is 2.73. The molecular formula is C16H30N4O6. The number of alkyl carbamates (subject to hydrolysis) is 1. The second-order valence-corrected chi connectivity index (χ2v) is 6.51. The van der Waals surface area contributed by atoms with Crippen LogP contribution in [0.15, 0.2) is 5.11 Å². The van der Waals surface area contributed by atoms with E-state index in [-0.39, 0.29) is 32.1 Å². The monoisotopic (exact) mass is 374 g/mol. The average molecular weight is 374 g/mol. The molecular weight excluding hydrogens is 344 g/mol. The van der Waals surface area contributed by atoms with Gasteiger partial charge in [-0.15, -0.1) is 0 Å². The highest BCUT2D eigenvalue weighted by atomic mass is 16.6. The first-order chi connectivity index (χ1) is 12.2. The summed E-state index contributed by atoms with van der Waals surface area (Å²) in [4.78, 5) is 25.4. The highest BCUT2D eigenvalue weighted by molar-refractivity contribution is 5.75. The molecule has 10 heteroatoms. The molecule has 0 aliphatic rings. The topological polar surface area (TPSA) is 132 Å². The van der Waals surface area contributed by atoms with Gasteiger partial charge in [0, 0.05) is 17.9 Å². The molecule has 0 aromatic heterocycles. The molecule has 1 amide bonds. The van der Waals surface area contributed by atoms with E-state index in [0.29, 0.717) is 26.2 Å². The maximum absolute atomic E-state index is 11.9. The maximum atomic E-state index is 11.9. The van der Waals surface area contributed by atoms with Gasteiger partial charge < -0.3 is 24.3 Å².